The normalized spacial score (nSPS) is 17.5. The van der Waals surface area contributed by atoms with Crippen molar-refractivity contribution in [3.05, 3.63) is 11.8 Å². The van der Waals surface area contributed by atoms with E-state index in [2.05, 4.69) is 22.4 Å². The first-order valence-electron chi connectivity index (χ1n) is 6.93. The largest absolute Gasteiger partial charge is 0.425 e. The number of hydrogen-bond donors (Lipinski definition) is 1. The smallest absolute Gasteiger partial charge is 0.219 e. The van der Waals surface area contributed by atoms with E-state index in [4.69, 9.17) is 4.42 Å². The van der Waals surface area contributed by atoms with Gasteiger partial charge in [0.15, 0.2) is 0 Å². The first-order chi connectivity index (χ1) is 8.40. The highest BCUT2D eigenvalue weighted by Crippen LogP contribution is 2.31. The first-order valence-corrected chi connectivity index (χ1v) is 6.93. The van der Waals surface area contributed by atoms with Gasteiger partial charge in [0, 0.05) is 12.3 Å². The van der Waals surface area contributed by atoms with E-state index in [9.17, 15) is 0 Å². The molecule has 1 fully saturated rings. The van der Waals surface area contributed by atoms with Gasteiger partial charge in [-0.1, -0.05) is 26.2 Å². The van der Waals surface area contributed by atoms with Crippen molar-refractivity contribution in [1.29, 1.82) is 0 Å². The minimum absolute atomic E-state index is 0.527. The first kappa shape index (κ1) is 12.6. The molecule has 96 valence electrons. The molecule has 0 unspecified atom stereocenters. The standard InChI is InChI=1S/C13H23N3O/c1-2-14-10-6-9-12-15-16-13(17-12)11-7-4-3-5-8-11/h11,14H,2-10H2,1H3. The predicted octanol–water partition coefficient (Wildman–Crippen LogP) is 2.66. The minimum atomic E-state index is 0.527. The molecule has 0 saturated heterocycles. The number of aromatic nitrogens is 2. The van der Waals surface area contributed by atoms with Crippen LogP contribution in [0.1, 0.15) is 63.1 Å². The summed E-state index contributed by atoms with van der Waals surface area (Å²) in [6.07, 6.45) is 8.39. The molecule has 0 aromatic carbocycles. The Bertz CT molecular complexity index is 318. The molecule has 1 aliphatic rings. The van der Waals surface area contributed by atoms with Gasteiger partial charge in [-0.15, -0.1) is 10.2 Å². The number of hydrogen-bond acceptors (Lipinski definition) is 4. The molecule has 4 nitrogen and oxygen atoms in total. The molecule has 0 amide bonds. The SMILES string of the molecule is CCNCCCc1nnc(C2CCCCC2)o1. The molecule has 1 aliphatic carbocycles. The quantitative estimate of drug-likeness (QED) is 0.773. The van der Waals surface area contributed by atoms with E-state index in [-0.39, 0.29) is 0 Å². The summed E-state index contributed by atoms with van der Waals surface area (Å²) in [4.78, 5) is 0. The molecule has 1 N–H and O–H groups in total. The van der Waals surface area contributed by atoms with E-state index in [1.807, 2.05) is 0 Å². The Morgan fingerprint density at radius 1 is 1.24 bits per heavy atom. The van der Waals surface area contributed by atoms with Crippen molar-refractivity contribution in [1.82, 2.24) is 15.5 Å². The van der Waals surface area contributed by atoms with Crippen LogP contribution in [0.25, 0.3) is 0 Å². The minimum Gasteiger partial charge on any atom is -0.425 e. The zero-order chi connectivity index (χ0) is 11.9. The second-order valence-corrected chi connectivity index (χ2v) is 4.83. The van der Waals surface area contributed by atoms with Crippen LogP contribution in [0.4, 0.5) is 0 Å². The van der Waals surface area contributed by atoms with Crippen LogP contribution in [0, 0.1) is 0 Å². The van der Waals surface area contributed by atoms with Crippen molar-refractivity contribution >= 4 is 0 Å². The fraction of sp³-hybridized carbons (Fsp3) is 0.846. The molecule has 0 radical (unpaired) electrons. The lowest BCUT2D eigenvalue weighted by Crippen LogP contribution is -2.14. The molecule has 17 heavy (non-hydrogen) atoms. The van der Waals surface area contributed by atoms with Crippen LogP contribution in [-0.4, -0.2) is 23.3 Å². The second-order valence-electron chi connectivity index (χ2n) is 4.83. The molecule has 1 saturated carbocycles. The highest BCUT2D eigenvalue weighted by Gasteiger charge is 2.20. The average molecular weight is 237 g/mol. The van der Waals surface area contributed by atoms with Crippen LogP contribution in [0.5, 0.6) is 0 Å². The van der Waals surface area contributed by atoms with Crippen molar-refractivity contribution in [2.24, 2.45) is 0 Å². The molecular formula is C13H23N3O. The van der Waals surface area contributed by atoms with Crippen LogP contribution in [0.3, 0.4) is 0 Å². The van der Waals surface area contributed by atoms with Crippen LogP contribution in [-0.2, 0) is 6.42 Å². The van der Waals surface area contributed by atoms with Gasteiger partial charge in [-0.2, -0.15) is 0 Å². The molecule has 0 bridgehead atoms. The Morgan fingerprint density at radius 2 is 2.06 bits per heavy atom. The van der Waals surface area contributed by atoms with Crippen LogP contribution in [0.2, 0.25) is 0 Å². The maximum absolute atomic E-state index is 5.75. The highest BCUT2D eigenvalue weighted by molar-refractivity contribution is 4.93. The van der Waals surface area contributed by atoms with Gasteiger partial charge < -0.3 is 9.73 Å². The molecule has 0 atom stereocenters. The summed E-state index contributed by atoms with van der Waals surface area (Å²) in [7, 11) is 0. The Balaban J connectivity index is 1.78. The number of aryl methyl sites for hydroxylation is 1. The van der Waals surface area contributed by atoms with Gasteiger partial charge in [-0.25, -0.2) is 0 Å². The van der Waals surface area contributed by atoms with E-state index in [1.54, 1.807) is 0 Å². The molecular weight excluding hydrogens is 214 g/mol. The molecule has 1 aromatic heterocycles. The Morgan fingerprint density at radius 3 is 2.82 bits per heavy atom. The average Bonchev–Trinajstić information content (AvgIpc) is 2.85. The van der Waals surface area contributed by atoms with E-state index in [0.717, 1.165) is 37.7 Å². The summed E-state index contributed by atoms with van der Waals surface area (Å²) in [6.45, 7) is 4.17. The molecule has 0 aliphatic heterocycles. The molecule has 1 heterocycles. The van der Waals surface area contributed by atoms with Crippen LogP contribution in [0.15, 0.2) is 4.42 Å². The van der Waals surface area contributed by atoms with Gasteiger partial charge in [-0.05, 0) is 32.4 Å². The lowest BCUT2D eigenvalue weighted by Gasteiger charge is -2.17. The predicted molar refractivity (Wildman–Crippen MR) is 67.0 cm³/mol. The van der Waals surface area contributed by atoms with Crippen molar-refractivity contribution in [3.8, 4) is 0 Å². The van der Waals surface area contributed by atoms with Crippen molar-refractivity contribution < 1.29 is 4.42 Å². The zero-order valence-corrected chi connectivity index (χ0v) is 10.7. The summed E-state index contributed by atoms with van der Waals surface area (Å²) < 4.78 is 5.75. The number of nitrogens with zero attached hydrogens (tertiary/aromatic N) is 2. The van der Waals surface area contributed by atoms with Crippen LogP contribution >= 0.6 is 0 Å². The van der Waals surface area contributed by atoms with E-state index in [0.29, 0.717) is 5.92 Å². The van der Waals surface area contributed by atoms with Gasteiger partial charge in [0.1, 0.15) is 0 Å². The maximum Gasteiger partial charge on any atom is 0.219 e. The second kappa shape index (κ2) is 6.74. The van der Waals surface area contributed by atoms with Gasteiger partial charge in [-0.3, -0.25) is 0 Å². The Kier molecular flexibility index (Phi) is 4.98. The highest BCUT2D eigenvalue weighted by atomic mass is 16.4. The maximum atomic E-state index is 5.75. The fourth-order valence-electron chi connectivity index (χ4n) is 2.42. The Labute approximate surface area is 103 Å². The number of nitrogens with one attached hydrogen (secondary N) is 1. The van der Waals surface area contributed by atoms with Gasteiger partial charge in [0.25, 0.3) is 0 Å². The molecule has 4 heteroatoms. The fourth-order valence-corrected chi connectivity index (χ4v) is 2.42. The number of rotatable bonds is 6. The topological polar surface area (TPSA) is 51.0 Å². The molecule has 0 spiro atoms. The third kappa shape index (κ3) is 3.80. The van der Waals surface area contributed by atoms with Crippen molar-refractivity contribution in [2.75, 3.05) is 13.1 Å². The third-order valence-electron chi connectivity index (χ3n) is 3.43. The van der Waals surface area contributed by atoms with E-state index in [1.165, 1.54) is 32.1 Å². The lowest BCUT2D eigenvalue weighted by molar-refractivity contribution is 0.350. The lowest BCUT2D eigenvalue weighted by atomic mass is 9.89. The summed E-state index contributed by atoms with van der Waals surface area (Å²) in [6, 6.07) is 0. The summed E-state index contributed by atoms with van der Waals surface area (Å²) in [5.74, 6) is 2.21. The summed E-state index contributed by atoms with van der Waals surface area (Å²) in [5.41, 5.74) is 0. The zero-order valence-electron chi connectivity index (χ0n) is 10.7. The van der Waals surface area contributed by atoms with Crippen LogP contribution < -0.4 is 5.32 Å². The Hall–Kier alpha value is -0.900. The van der Waals surface area contributed by atoms with Gasteiger partial charge in [0.2, 0.25) is 11.8 Å². The monoisotopic (exact) mass is 237 g/mol. The van der Waals surface area contributed by atoms with Crippen molar-refractivity contribution in [2.45, 2.75) is 57.8 Å². The van der Waals surface area contributed by atoms with E-state index < -0.39 is 0 Å². The molecule has 2 rings (SSSR count). The van der Waals surface area contributed by atoms with Gasteiger partial charge >= 0.3 is 0 Å². The summed E-state index contributed by atoms with van der Waals surface area (Å²) >= 11 is 0. The van der Waals surface area contributed by atoms with Crippen molar-refractivity contribution in [3.63, 3.8) is 0 Å². The van der Waals surface area contributed by atoms with Gasteiger partial charge in [0.05, 0.1) is 0 Å². The summed E-state index contributed by atoms with van der Waals surface area (Å²) in [5, 5.41) is 11.6. The molecule has 1 aromatic rings. The van der Waals surface area contributed by atoms with E-state index >= 15 is 0 Å². The third-order valence-corrected chi connectivity index (χ3v) is 3.43.